The SMILES string of the molecule is Oc1ccccc1C1=NN(C(=S)Nc2ccccc2)C(c2ccccc2Cl)C1. The van der Waals surface area contributed by atoms with Crippen molar-refractivity contribution in [3.05, 3.63) is 95.0 Å². The van der Waals surface area contributed by atoms with Gasteiger partial charge in [-0.15, -0.1) is 0 Å². The number of benzene rings is 3. The third kappa shape index (κ3) is 3.72. The van der Waals surface area contributed by atoms with Gasteiger partial charge < -0.3 is 10.4 Å². The minimum absolute atomic E-state index is 0.160. The van der Waals surface area contributed by atoms with Crippen molar-refractivity contribution in [2.24, 2.45) is 5.10 Å². The van der Waals surface area contributed by atoms with E-state index in [0.717, 1.165) is 17.0 Å². The highest BCUT2D eigenvalue weighted by Gasteiger charge is 2.33. The summed E-state index contributed by atoms with van der Waals surface area (Å²) in [7, 11) is 0. The number of para-hydroxylation sites is 2. The number of aromatic hydroxyl groups is 1. The van der Waals surface area contributed by atoms with Gasteiger partial charge in [-0.1, -0.05) is 60.1 Å². The fourth-order valence-electron chi connectivity index (χ4n) is 3.27. The maximum Gasteiger partial charge on any atom is 0.194 e. The summed E-state index contributed by atoms with van der Waals surface area (Å²) >= 11 is 12.1. The molecular formula is C22H18ClN3OS. The lowest BCUT2D eigenvalue weighted by molar-refractivity contribution is 0.375. The van der Waals surface area contributed by atoms with Gasteiger partial charge in [-0.05, 0) is 48.1 Å². The molecule has 3 aromatic carbocycles. The molecule has 28 heavy (non-hydrogen) atoms. The molecule has 0 saturated carbocycles. The second-order valence-electron chi connectivity index (χ2n) is 6.45. The topological polar surface area (TPSA) is 47.9 Å². The lowest BCUT2D eigenvalue weighted by Crippen LogP contribution is -2.31. The number of thiocarbonyl (C=S) groups is 1. The summed E-state index contributed by atoms with van der Waals surface area (Å²) in [6.07, 6.45) is 0.581. The molecule has 6 heteroatoms. The number of rotatable bonds is 3. The molecule has 1 aliphatic heterocycles. The first-order chi connectivity index (χ1) is 13.6. The Morgan fingerprint density at radius 3 is 2.43 bits per heavy atom. The number of hydrogen-bond donors (Lipinski definition) is 2. The molecule has 4 nitrogen and oxygen atoms in total. The average molecular weight is 408 g/mol. The van der Waals surface area contributed by atoms with Crippen LogP contribution in [0.2, 0.25) is 5.02 Å². The van der Waals surface area contributed by atoms with Gasteiger partial charge in [0.1, 0.15) is 5.75 Å². The zero-order valence-corrected chi connectivity index (χ0v) is 16.5. The quantitative estimate of drug-likeness (QED) is 0.555. The molecule has 0 aromatic heterocycles. The van der Waals surface area contributed by atoms with Gasteiger partial charge in [-0.2, -0.15) is 5.10 Å². The Kier molecular flexibility index (Phi) is 5.28. The molecule has 0 radical (unpaired) electrons. The minimum Gasteiger partial charge on any atom is -0.507 e. The average Bonchev–Trinajstić information content (AvgIpc) is 3.14. The van der Waals surface area contributed by atoms with Crippen LogP contribution in [0.15, 0.2) is 84.0 Å². The van der Waals surface area contributed by atoms with Crippen molar-refractivity contribution < 1.29 is 5.11 Å². The van der Waals surface area contributed by atoms with Crippen molar-refractivity contribution in [1.29, 1.82) is 0 Å². The summed E-state index contributed by atoms with van der Waals surface area (Å²) in [5.41, 5.74) is 3.29. The van der Waals surface area contributed by atoms with E-state index in [2.05, 4.69) is 5.32 Å². The highest BCUT2D eigenvalue weighted by atomic mass is 35.5. The number of phenolic OH excluding ortho intramolecular Hbond substituents is 1. The van der Waals surface area contributed by atoms with E-state index in [9.17, 15) is 5.11 Å². The molecule has 4 rings (SSSR count). The molecular weight excluding hydrogens is 390 g/mol. The first-order valence-electron chi connectivity index (χ1n) is 8.89. The Morgan fingerprint density at radius 2 is 1.68 bits per heavy atom. The minimum atomic E-state index is -0.160. The van der Waals surface area contributed by atoms with Crippen LogP contribution >= 0.6 is 23.8 Å². The Balaban J connectivity index is 1.70. The highest BCUT2D eigenvalue weighted by molar-refractivity contribution is 7.80. The summed E-state index contributed by atoms with van der Waals surface area (Å²) in [6, 6.07) is 24.4. The number of nitrogens with zero attached hydrogens (tertiary/aromatic N) is 2. The predicted molar refractivity (Wildman–Crippen MR) is 118 cm³/mol. The van der Waals surface area contributed by atoms with E-state index in [4.69, 9.17) is 28.9 Å². The molecule has 2 N–H and O–H groups in total. The smallest absolute Gasteiger partial charge is 0.194 e. The molecule has 1 unspecified atom stereocenters. The van der Waals surface area contributed by atoms with Crippen molar-refractivity contribution >= 4 is 40.3 Å². The Morgan fingerprint density at radius 1 is 1.00 bits per heavy atom. The van der Waals surface area contributed by atoms with Gasteiger partial charge in [0.15, 0.2) is 5.11 Å². The van der Waals surface area contributed by atoms with Crippen LogP contribution in [0.4, 0.5) is 5.69 Å². The normalized spacial score (nSPS) is 16.0. The zero-order chi connectivity index (χ0) is 19.5. The fraction of sp³-hybridized carbons (Fsp3) is 0.0909. The number of hydrogen-bond acceptors (Lipinski definition) is 3. The Hall–Kier alpha value is -2.89. The van der Waals surface area contributed by atoms with Gasteiger partial charge in [0.25, 0.3) is 0 Å². The van der Waals surface area contributed by atoms with Gasteiger partial charge >= 0.3 is 0 Å². The van der Waals surface area contributed by atoms with Crippen LogP contribution in [0, 0.1) is 0 Å². The molecule has 0 spiro atoms. The molecule has 1 aliphatic rings. The summed E-state index contributed by atoms with van der Waals surface area (Å²) in [6.45, 7) is 0. The van der Waals surface area contributed by atoms with Crippen LogP contribution < -0.4 is 5.32 Å². The van der Waals surface area contributed by atoms with E-state index in [1.54, 1.807) is 17.1 Å². The summed E-state index contributed by atoms with van der Waals surface area (Å²) < 4.78 is 0. The molecule has 0 saturated heterocycles. The molecule has 0 amide bonds. The van der Waals surface area contributed by atoms with Crippen LogP contribution in [-0.4, -0.2) is 20.9 Å². The lowest BCUT2D eigenvalue weighted by Gasteiger charge is -2.25. The number of phenols is 1. The zero-order valence-electron chi connectivity index (χ0n) is 14.9. The number of nitrogens with one attached hydrogen (secondary N) is 1. The third-order valence-electron chi connectivity index (χ3n) is 4.62. The van der Waals surface area contributed by atoms with Gasteiger partial charge in [0.2, 0.25) is 0 Å². The van der Waals surface area contributed by atoms with Crippen LogP contribution in [0.25, 0.3) is 0 Å². The Bertz CT molecular complexity index is 1040. The van der Waals surface area contributed by atoms with Crippen molar-refractivity contribution in [2.75, 3.05) is 5.32 Å². The molecule has 0 bridgehead atoms. The van der Waals surface area contributed by atoms with Gasteiger partial charge in [-0.3, -0.25) is 0 Å². The molecule has 0 aliphatic carbocycles. The highest BCUT2D eigenvalue weighted by Crippen LogP contribution is 2.37. The number of halogens is 1. The first kappa shape index (κ1) is 18.5. The van der Waals surface area contributed by atoms with Gasteiger partial charge in [0.05, 0.1) is 11.8 Å². The summed E-state index contributed by atoms with van der Waals surface area (Å²) in [5.74, 6) is 0.197. The van der Waals surface area contributed by atoms with Crippen LogP contribution in [0.5, 0.6) is 5.75 Å². The van der Waals surface area contributed by atoms with E-state index in [0.29, 0.717) is 22.1 Å². The Labute approximate surface area is 174 Å². The van der Waals surface area contributed by atoms with Crippen molar-refractivity contribution in [3.63, 3.8) is 0 Å². The van der Waals surface area contributed by atoms with Crippen LogP contribution in [-0.2, 0) is 0 Å². The van der Waals surface area contributed by atoms with E-state index in [1.807, 2.05) is 66.7 Å². The predicted octanol–water partition coefficient (Wildman–Crippen LogP) is 5.59. The van der Waals surface area contributed by atoms with Gasteiger partial charge in [-0.25, -0.2) is 5.01 Å². The van der Waals surface area contributed by atoms with Crippen LogP contribution in [0.3, 0.4) is 0 Å². The summed E-state index contributed by atoms with van der Waals surface area (Å²) in [4.78, 5) is 0. The third-order valence-corrected chi connectivity index (χ3v) is 5.26. The maximum atomic E-state index is 10.3. The lowest BCUT2D eigenvalue weighted by atomic mass is 9.98. The molecule has 1 atom stereocenters. The molecule has 140 valence electrons. The number of anilines is 1. The van der Waals surface area contributed by atoms with E-state index in [-0.39, 0.29) is 11.8 Å². The largest absolute Gasteiger partial charge is 0.507 e. The van der Waals surface area contributed by atoms with E-state index < -0.39 is 0 Å². The van der Waals surface area contributed by atoms with Crippen molar-refractivity contribution in [3.8, 4) is 5.75 Å². The summed E-state index contributed by atoms with van der Waals surface area (Å²) in [5, 5.41) is 21.1. The van der Waals surface area contributed by atoms with E-state index in [1.165, 1.54) is 0 Å². The van der Waals surface area contributed by atoms with Gasteiger partial charge in [0, 0.05) is 22.7 Å². The van der Waals surface area contributed by atoms with Crippen molar-refractivity contribution in [1.82, 2.24) is 5.01 Å². The van der Waals surface area contributed by atoms with Crippen LogP contribution in [0.1, 0.15) is 23.6 Å². The molecule has 1 heterocycles. The second kappa shape index (κ2) is 8.00. The first-order valence-corrected chi connectivity index (χ1v) is 9.67. The second-order valence-corrected chi connectivity index (χ2v) is 7.24. The molecule has 3 aromatic rings. The van der Waals surface area contributed by atoms with E-state index >= 15 is 0 Å². The standard InChI is InChI=1S/C22H18ClN3OS/c23-18-12-6-4-10-16(18)20-14-19(17-11-5-7-13-21(17)27)25-26(20)22(28)24-15-8-2-1-3-9-15/h1-13,20,27H,14H2,(H,24,28). The number of hydrazone groups is 1. The fourth-order valence-corrected chi connectivity index (χ4v) is 3.82. The monoisotopic (exact) mass is 407 g/mol. The molecule has 0 fully saturated rings. The maximum absolute atomic E-state index is 10.3. The van der Waals surface area contributed by atoms with Crippen molar-refractivity contribution in [2.45, 2.75) is 12.5 Å².